The lowest BCUT2D eigenvalue weighted by molar-refractivity contribution is 0.198. The van der Waals surface area contributed by atoms with E-state index in [9.17, 15) is 4.79 Å². The summed E-state index contributed by atoms with van der Waals surface area (Å²) in [5, 5.41) is 2.99. The molecule has 2 aromatic rings. The Morgan fingerprint density at radius 2 is 1.81 bits per heavy atom. The van der Waals surface area contributed by atoms with Gasteiger partial charge in [-0.3, -0.25) is 0 Å². The number of urea groups is 1. The van der Waals surface area contributed by atoms with Crippen molar-refractivity contribution in [3.63, 3.8) is 0 Å². The number of carbonyl (C=O) groups excluding carboxylic acids is 1. The molecule has 2 amide bonds. The molecule has 0 radical (unpaired) electrons. The van der Waals surface area contributed by atoms with Gasteiger partial charge in [-0.05, 0) is 43.5 Å². The number of benzene rings is 2. The average molecular weight is 356 g/mol. The summed E-state index contributed by atoms with van der Waals surface area (Å²) in [6.07, 6.45) is 0.734. The van der Waals surface area contributed by atoms with Gasteiger partial charge in [-0.15, -0.1) is 0 Å². The van der Waals surface area contributed by atoms with E-state index < -0.39 is 0 Å². The van der Waals surface area contributed by atoms with Crippen LogP contribution in [0.4, 0.5) is 4.79 Å². The Morgan fingerprint density at radius 3 is 2.46 bits per heavy atom. The fraction of sp³-hybridized carbons (Fsp3) is 0.381. The molecule has 0 atom stereocenters. The van der Waals surface area contributed by atoms with Crippen LogP contribution in [-0.4, -0.2) is 37.7 Å². The number of rotatable bonds is 9. The van der Waals surface area contributed by atoms with Gasteiger partial charge >= 0.3 is 6.03 Å². The van der Waals surface area contributed by atoms with Gasteiger partial charge in [0, 0.05) is 19.6 Å². The maximum absolute atomic E-state index is 12.4. The van der Waals surface area contributed by atoms with E-state index in [1.807, 2.05) is 62.4 Å². The minimum absolute atomic E-state index is 0.0470. The number of nitrogens with zero attached hydrogens (tertiary/aromatic N) is 1. The van der Waals surface area contributed by atoms with Crippen molar-refractivity contribution in [1.82, 2.24) is 10.2 Å². The van der Waals surface area contributed by atoms with E-state index in [4.69, 9.17) is 9.47 Å². The second kappa shape index (κ2) is 10.3. The van der Waals surface area contributed by atoms with Gasteiger partial charge in [0.1, 0.15) is 0 Å². The molecule has 0 unspecified atom stereocenters. The normalized spacial score (nSPS) is 10.3. The van der Waals surface area contributed by atoms with Gasteiger partial charge in [0.2, 0.25) is 0 Å². The van der Waals surface area contributed by atoms with E-state index in [0.717, 1.165) is 29.0 Å². The van der Waals surface area contributed by atoms with Gasteiger partial charge in [-0.2, -0.15) is 0 Å². The first-order valence-electron chi connectivity index (χ1n) is 9.04. The van der Waals surface area contributed by atoms with Crippen LogP contribution in [-0.2, 0) is 13.0 Å². The van der Waals surface area contributed by atoms with Crippen LogP contribution in [0.15, 0.2) is 48.5 Å². The molecule has 0 aliphatic rings. The van der Waals surface area contributed by atoms with Crippen LogP contribution in [0.3, 0.4) is 0 Å². The first-order valence-corrected chi connectivity index (χ1v) is 9.04. The Bertz CT molecular complexity index is 689. The van der Waals surface area contributed by atoms with Crippen molar-refractivity contribution >= 4 is 6.03 Å². The molecule has 0 saturated carbocycles. The molecule has 0 aliphatic heterocycles. The molecular formula is C21H28N2O3. The van der Waals surface area contributed by atoms with Crippen molar-refractivity contribution in [2.45, 2.75) is 26.8 Å². The van der Waals surface area contributed by atoms with Crippen LogP contribution in [0.5, 0.6) is 11.5 Å². The molecular weight excluding hydrogens is 328 g/mol. The Balaban J connectivity index is 1.86. The summed E-state index contributed by atoms with van der Waals surface area (Å²) in [6, 6.07) is 15.8. The number of nitrogens with one attached hydrogen (secondary N) is 1. The van der Waals surface area contributed by atoms with Crippen molar-refractivity contribution < 1.29 is 14.3 Å². The summed E-state index contributed by atoms with van der Waals surface area (Å²) in [4.78, 5) is 14.2. The lowest BCUT2D eigenvalue weighted by atomic mass is 10.1. The maximum Gasteiger partial charge on any atom is 0.317 e. The lowest BCUT2D eigenvalue weighted by Gasteiger charge is -2.21. The van der Waals surface area contributed by atoms with Crippen LogP contribution in [0.25, 0.3) is 0 Å². The molecule has 140 valence electrons. The van der Waals surface area contributed by atoms with Gasteiger partial charge < -0.3 is 19.7 Å². The van der Waals surface area contributed by atoms with Gasteiger partial charge in [0.15, 0.2) is 11.5 Å². The molecule has 0 fully saturated rings. The van der Waals surface area contributed by atoms with E-state index in [1.165, 1.54) is 0 Å². The molecule has 0 aliphatic carbocycles. The first kappa shape index (κ1) is 19.6. The predicted octanol–water partition coefficient (Wildman–Crippen LogP) is 3.87. The van der Waals surface area contributed by atoms with E-state index >= 15 is 0 Å². The average Bonchev–Trinajstić information content (AvgIpc) is 2.68. The van der Waals surface area contributed by atoms with Crippen LogP contribution in [0, 0.1) is 0 Å². The largest absolute Gasteiger partial charge is 0.493 e. The smallest absolute Gasteiger partial charge is 0.317 e. The van der Waals surface area contributed by atoms with Gasteiger partial charge in [-0.25, -0.2) is 4.79 Å². The Morgan fingerprint density at radius 1 is 1.04 bits per heavy atom. The molecule has 0 saturated heterocycles. The van der Waals surface area contributed by atoms with Crippen molar-refractivity contribution in [2.24, 2.45) is 0 Å². The molecule has 26 heavy (non-hydrogen) atoms. The molecule has 5 nitrogen and oxygen atoms in total. The topological polar surface area (TPSA) is 50.8 Å². The second-order valence-corrected chi connectivity index (χ2v) is 5.90. The third-order valence-electron chi connectivity index (χ3n) is 4.10. The summed E-state index contributed by atoms with van der Waals surface area (Å²) >= 11 is 0. The number of hydrogen-bond acceptors (Lipinski definition) is 3. The van der Waals surface area contributed by atoms with Gasteiger partial charge in [0.25, 0.3) is 0 Å². The van der Waals surface area contributed by atoms with Crippen LogP contribution in [0.2, 0.25) is 0 Å². The highest BCUT2D eigenvalue weighted by molar-refractivity contribution is 5.74. The zero-order valence-electron chi connectivity index (χ0n) is 15.8. The van der Waals surface area contributed by atoms with E-state index in [1.54, 1.807) is 12.0 Å². The summed E-state index contributed by atoms with van der Waals surface area (Å²) in [5.74, 6) is 1.46. The van der Waals surface area contributed by atoms with Gasteiger partial charge in [-0.1, -0.05) is 36.4 Å². The minimum Gasteiger partial charge on any atom is -0.493 e. The predicted molar refractivity (Wildman–Crippen MR) is 104 cm³/mol. The third kappa shape index (κ3) is 5.69. The fourth-order valence-corrected chi connectivity index (χ4v) is 2.70. The maximum atomic E-state index is 12.4. The molecule has 0 bridgehead atoms. The fourth-order valence-electron chi connectivity index (χ4n) is 2.70. The summed E-state index contributed by atoms with van der Waals surface area (Å²) < 4.78 is 10.9. The monoisotopic (exact) mass is 356 g/mol. The van der Waals surface area contributed by atoms with E-state index in [0.29, 0.717) is 26.2 Å². The molecule has 1 N–H and O–H groups in total. The highest BCUT2D eigenvalue weighted by Gasteiger charge is 2.11. The van der Waals surface area contributed by atoms with Crippen molar-refractivity contribution in [1.29, 1.82) is 0 Å². The van der Waals surface area contributed by atoms with E-state index in [-0.39, 0.29) is 6.03 Å². The quantitative estimate of drug-likeness (QED) is 0.742. The molecule has 0 spiro atoms. The molecule has 2 rings (SSSR count). The van der Waals surface area contributed by atoms with Crippen molar-refractivity contribution in [2.75, 3.05) is 26.8 Å². The number of methoxy groups -OCH3 is 1. The first-order chi connectivity index (χ1) is 12.7. The number of amides is 2. The Labute approximate surface area is 155 Å². The lowest BCUT2D eigenvalue weighted by Crippen LogP contribution is -2.40. The number of carbonyl (C=O) groups is 1. The summed E-state index contributed by atoms with van der Waals surface area (Å²) in [7, 11) is 1.63. The van der Waals surface area contributed by atoms with Gasteiger partial charge in [0.05, 0.1) is 13.7 Å². The molecule has 0 aromatic heterocycles. The highest BCUT2D eigenvalue weighted by Crippen LogP contribution is 2.28. The number of ether oxygens (including phenoxy) is 2. The standard InChI is InChI=1S/C21H28N2O3/c1-4-23(16-18-9-7-6-8-10-18)21(24)22-14-13-17-11-12-19(26-5-2)20(15-17)25-3/h6-12,15H,4-5,13-14,16H2,1-3H3,(H,22,24). The molecule has 0 heterocycles. The van der Waals surface area contributed by atoms with Crippen LogP contribution >= 0.6 is 0 Å². The third-order valence-corrected chi connectivity index (χ3v) is 4.10. The molecule has 5 heteroatoms. The van der Waals surface area contributed by atoms with Crippen LogP contribution < -0.4 is 14.8 Å². The minimum atomic E-state index is -0.0470. The van der Waals surface area contributed by atoms with Crippen molar-refractivity contribution in [3.8, 4) is 11.5 Å². The Hall–Kier alpha value is -2.69. The highest BCUT2D eigenvalue weighted by atomic mass is 16.5. The Kier molecular flexibility index (Phi) is 7.80. The van der Waals surface area contributed by atoms with Crippen molar-refractivity contribution in [3.05, 3.63) is 59.7 Å². The zero-order valence-corrected chi connectivity index (χ0v) is 15.8. The number of hydrogen-bond donors (Lipinski definition) is 1. The van der Waals surface area contributed by atoms with E-state index in [2.05, 4.69) is 5.32 Å². The SMILES string of the molecule is CCOc1ccc(CCNC(=O)N(CC)Cc2ccccc2)cc1OC. The summed E-state index contributed by atoms with van der Waals surface area (Å²) in [6.45, 7) is 6.37. The summed E-state index contributed by atoms with van der Waals surface area (Å²) in [5.41, 5.74) is 2.22. The molecule has 2 aromatic carbocycles. The zero-order chi connectivity index (χ0) is 18.8. The second-order valence-electron chi connectivity index (χ2n) is 5.90. The van der Waals surface area contributed by atoms with Crippen LogP contribution in [0.1, 0.15) is 25.0 Å².